The van der Waals surface area contributed by atoms with Gasteiger partial charge >= 0.3 is 0 Å². The van der Waals surface area contributed by atoms with Crippen LogP contribution in [0, 0.1) is 0 Å². The van der Waals surface area contributed by atoms with Gasteiger partial charge in [0.1, 0.15) is 5.75 Å². The van der Waals surface area contributed by atoms with Gasteiger partial charge in [-0.05, 0) is 17.2 Å². The van der Waals surface area contributed by atoms with Gasteiger partial charge in [0, 0.05) is 56.8 Å². The molecule has 3 heterocycles. The third kappa shape index (κ3) is 3.16. The standard InChI is InChI=1S/C17H21N3OS/c1-2-17-15(3-8-21-17)9-14(1)11-19-4-6-20(7-5-19)12-16-10-18-13-22-16/h1-2,9-10,13H,3-8,11-12H2. The van der Waals surface area contributed by atoms with Crippen LogP contribution in [0.3, 0.4) is 0 Å². The fourth-order valence-corrected chi connectivity index (χ4v) is 3.88. The summed E-state index contributed by atoms with van der Waals surface area (Å²) < 4.78 is 5.58. The Balaban J connectivity index is 1.30. The number of fused-ring (bicyclic) bond motifs is 1. The average molecular weight is 315 g/mol. The first kappa shape index (κ1) is 14.2. The van der Waals surface area contributed by atoms with Crippen LogP contribution in [-0.4, -0.2) is 47.6 Å². The van der Waals surface area contributed by atoms with E-state index in [1.54, 1.807) is 11.3 Å². The molecule has 0 aliphatic carbocycles. The van der Waals surface area contributed by atoms with Gasteiger partial charge in [0.2, 0.25) is 0 Å². The van der Waals surface area contributed by atoms with Crippen LogP contribution in [-0.2, 0) is 19.5 Å². The van der Waals surface area contributed by atoms with E-state index in [-0.39, 0.29) is 0 Å². The lowest BCUT2D eigenvalue weighted by Gasteiger charge is -2.34. The Morgan fingerprint density at radius 1 is 1.09 bits per heavy atom. The zero-order valence-electron chi connectivity index (χ0n) is 12.7. The van der Waals surface area contributed by atoms with Gasteiger partial charge in [0.15, 0.2) is 0 Å². The molecule has 0 saturated carbocycles. The van der Waals surface area contributed by atoms with Crippen LogP contribution >= 0.6 is 11.3 Å². The van der Waals surface area contributed by atoms with Crippen LogP contribution < -0.4 is 4.74 Å². The van der Waals surface area contributed by atoms with Crippen molar-refractivity contribution in [2.24, 2.45) is 0 Å². The third-order valence-electron chi connectivity index (χ3n) is 4.49. The van der Waals surface area contributed by atoms with E-state index in [0.717, 1.165) is 58.0 Å². The van der Waals surface area contributed by atoms with E-state index < -0.39 is 0 Å². The van der Waals surface area contributed by atoms with E-state index in [1.165, 1.54) is 16.0 Å². The van der Waals surface area contributed by atoms with E-state index in [0.29, 0.717) is 0 Å². The summed E-state index contributed by atoms with van der Waals surface area (Å²) in [6.07, 6.45) is 3.05. The highest BCUT2D eigenvalue weighted by atomic mass is 32.1. The molecule has 0 bridgehead atoms. The molecule has 5 heteroatoms. The van der Waals surface area contributed by atoms with Crippen LogP contribution in [0.2, 0.25) is 0 Å². The molecule has 2 aromatic rings. The monoisotopic (exact) mass is 315 g/mol. The Morgan fingerprint density at radius 2 is 1.91 bits per heavy atom. The largest absolute Gasteiger partial charge is 0.493 e. The molecular formula is C17H21N3OS. The minimum Gasteiger partial charge on any atom is -0.493 e. The van der Waals surface area contributed by atoms with E-state index in [1.807, 2.05) is 11.7 Å². The van der Waals surface area contributed by atoms with Crippen LogP contribution in [0.15, 0.2) is 29.9 Å². The second-order valence-electron chi connectivity index (χ2n) is 6.06. The van der Waals surface area contributed by atoms with Crippen molar-refractivity contribution < 1.29 is 4.74 Å². The summed E-state index contributed by atoms with van der Waals surface area (Å²) in [5.41, 5.74) is 4.71. The molecule has 0 amide bonds. The number of aromatic nitrogens is 1. The molecule has 0 unspecified atom stereocenters. The lowest BCUT2D eigenvalue weighted by atomic mass is 10.1. The topological polar surface area (TPSA) is 28.6 Å². The van der Waals surface area contributed by atoms with Gasteiger partial charge < -0.3 is 4.74 Å². The van der Waals surface area contributed by atoms with E-state index in [2.05, 4.69) is 33.0 Å². The molecule has 0 atom stereocenters. The first-order valence-electron chi connectivity index (χ1n) is 7.93. The maximum atomic E-state index is 5.58. The number of ether oxygens (including phenoxy) is 1. The molecule has 0 N–H and O–H groups in total. The van der Waals surface area contributed by atoms with Crippen molar-refractivity contribution in [2.75, 3.05) is 32.8 Å². The molecule has 1 aromatic carbocycles. The number of piperazine rings is 1. The molecule has 2 aliphatic rings. The second kappa shape index (κ2) is 6.36. The first-order valence-corrected chi connectivity index (χ1v) is 8.81. The summed E-state index contributed by atoms with van der Waals surface area (Å²) in [5.74, 6) is 1.08. The minimum absolute atomic E-state index is 0.842. The zero-order chi connectivity index (χ0) is 14.8. The number of rotatable bonds is 4. The first-order chi connectivity index (χ1) is 10.9. The Kier molecular flexibility index (Phi) is 4.10. The number of hydrogen-bond donors (Lipinski definition) is 0. The van der Waals surface area contributed by atoms with E-state index in [4.69, 9.17) is 4.74 Å². The molecule has 4 nitrogen and oxygen atoms in total. The smallest absolute Gasteiger partial charge is 0.122 e. The van der Waals surface area contributed by atoms with Gasteiger partial charge in [0.05, 0.1) is 12.1 Å². The molecular weight excluding hydrogens is 294 g/mol. The highest BCUT2D eigenvalue weighted by Crippen LogP contribution is 2.26. The average Bonchev–Trinajstić information content (AvgIpc) is 3.20. The highest BCUT2D eigenvalue weighted by molar-refractivity contribution is 7.09. The summed E-state index contributed by atoms with van der Waals surface area (Å²) in [6, 6.07) is 6.68. The quantitative estimate of drug-likeness (QED) is 0.866. The minimum atomic E-state index is 0.842. The predicted molar refractivity (Wildman–Crippen MR) is 88.3 cm³/mol. The van der Waals surface area contributed by atoms with Crippen LogP contribution in [0.4, 0.5) is 0 Å². The Hall–Kier alpha value is -1.43. The summed E-state index contributed by atoms with van der Waals surface area (Å²) in [6.45, 7) is 7.53. The number of hydrogen-bond acceptors (Lipinski definition) is 5. The predicted octanol–water partition coefficient (Wildman–Crippen LogP) is 2.40. The zero-order valence-corrected chi connectivity index (χ0v) is 13.5. The van der Waals surface area contributed by atoms with Crippen molar-refractivity contribution in [3.8, 4) is 5.75 Å². The van der Waals surface area contributed by atoms with Gasteiger partial charge in [-0.1, -0.05) is 12.1 Å². The Labute approximate surface area is 135 Å². The van der Waals surface area contributed by atoms with Crippen molar-refractivity contribution in [1.29, 1.82) is 0 Å². The van der Waals surface area contributed by atoms with Crippen molar-refractivity contribution in [2.45, 2.75) is 19.5 Å². The lowest BCUT2D eigenvalue weighted by Crippen LogP contribution is -2.45. The van der Waals surface area contributed by atoms with Gasteiger partial charge in [-0.2, -0.15) is 0 Å². The van der Waals surface area contributed by atoms with Crippen molar-refractivity contribution in [1.82, 2.24) is 14.8 Å². The summed E-state index contributed by atoms with van der Waals surface area (Å²) in [4.78, 5) is 10.6. The molecule has 1 aromatic heterocycles. The van der Waals surface area contributed by atoms with Gasteiger partial charge in [0.25, 0.3) is 0 Å². The van der Waals surface area contributed by atoms with Crippen LogP contribution in [0.5, 0.6) is 5.75 Å². The molecule has 1 fully saturated rings. The third-order valence-corrected chi connectivity index (χ3v) is 5.25. The number of thiazole rings is 1. The lowest BCUT2D eigenvalue weighted by molar-refractivity contribution is 0.123. The fraction of sp³-hybridized carbons (Fsp3) is 0.471. The second-order valence-corrected chi connectivity index (χ2v) is 7.03. The fourth-order valence-electron chi connectivity index (χ4n) is 3.24. The molecule has 116 valence electrons. The maximum absolute atomic E-state index is 5.58. The SMILES string of the molecule is c1ncc(CN2CCN(Cc3ccc4c(c3)CCO4)CC2)s1. The normalized spacial score (nSPS) is 19.1. The number of benzene rings is 1. The van der Waals surface area contributed by atoms with Crippen molar-refractivity contribution in [3.05, 3.63) is 45.9 Å². The molecule has 0 spiro atoms. The summed E-state index contributed by atoms with van der Waals surface area (Å²) in [5, 5.41) is 0. The molecule has 2 aliphatic heterocycles. The van der Waals surface area contributed by atoms with Crippen molar-refractivity contribution >= 4 is 11.3 Å². The highest BCUT2D eigenvalue weighted by Gasteiger charge is 2.18. The van der Waals surface area contributed by atoms with Gasteiger partial charge in [-0.25, -0.2) is 0 Å². The van der Waals surface area contributed by atoms with Crippen LogP contribution in [0.25, 0.3) is 0 Å². The number of nitrogens with zero attached hydrogens (tertiary/aromatic N) is 3. The molecule has 22 heavy (non-hydrogen) atoms. The van der Waals surface area contributed by atoms with E-state index in [9.17, 15) is 0 Å². The molecule has 4 rings (SSSR count). The summed E-state index contributed by atoms with van der Waals surface area (Å²) >= 11 is 1.75. The Morgan fingerprint density at radius 3 is 2.68 bits per heavy atom. The van der Waals surface area contributed by atoms with Crippen molar-refractivity contribution in [3.63, 3.8) is 0 Å². The Bertz CT molecular complexity index is 621. The maximum Gasteiger partial charge on any atom is 0.122 e. The van der Waals surface area contributed by atoms with Gasteiger partial charge in [-0.15, -0.1) is 11.3 Å². The van der Waals surface area contributed by atoms with E-state index >= 15 is 0 Å². The van der Waals surface area contributed by atoms with Crippen LogP contribution in [0.1, 0.15) is 16.0 Å². The van der Waals surface area contributed by atoms with Gasteiger partial charge in [-0.3, -0.25) is 14.8 Å². The summed E-state index contributed by atoms with van der Waals surface area (Å²) in [7, 11) is 0. The molecule has 0 radical (unpaired) electrons. The molecule has 1 saturated heterocycles.